The number of aromatic nitrogens is 1. The van der Waals surface area contributed by atoms with Crippen LogP contribution in [0.4, 0.5) is 16.4 Å². The molecule has 7 nitrogen and oxygen atoms in total. The minimum absolute atomic E-state index is 0.347. The third kappa shape index (κ3) is 4.59. The Kier molecular flexibility index (Phi) is 5.73. The van der Waals surface area contributed by atoms with E-state index in [0.29, 0.717) is 23.4 Å². The molecule has 1 aliphatic rings. The third-order valence-corrected chi connectivity index (χ3v) is 6.01. The first-order valence-electron chi connectivity index (χ1n) is 9.88. The molecule has 1 heterocycles. The van der Waals surface area contributed by atoms with Gasteiger partial charge in [-0.05, 0) is 65.8 Å². The number of rotatable bonds is 8. The van der Waals surface area contributed by atoms with Gasteiger partial charge in [0.1, 0.15) is 11.0 Å². The first kappa shape index (κ1) is 20.6. The molecular weight excluding hydrogens is 410 g/mol. The van der Waals surface area contributed by atoms with Crippen molar-refractivity contribution in [3.05, 3.63) is 77.0 Å². The van der Waals surface area contributed by atoms with Crippen LogP contribution >= 0.6 is 11.5 Å². The number of nitrogens with zero attached hydrogens (tertiary/aromatic N) is 1. The molecule has 0 spiro atoms. The average Bonchev–Trinajstić information content (AvgIpc) is 3.33. The van der Waals surface area contributed by atoms with E-state index in [2.05, 4.69) is 33.2 Å². The molecule has 31 heavy (non-hydrogen) atoms. The normalized spacial score (nSPS) is 13.3. The second-order valence-corrected chi connectivity index (χ2v) is 8.28. The molecule has 0 saturated carbocycles. The van der Waals surface area contributed by atoms with Gasteiger partial charge in [0.25, 0.3) is 5.91 Å². The second-order valence-electron chi connectivity index (χ2n) is 7.48. The van der Waals surface area contributed by atoms with Crippen molar-refractivity contribution >= 4 is 45.3 Å². The number of hydrogen-bond donors (Lipinski definition) is 4. The highest BCUT2D eigenvalue weighted by molar-refractivity contribution is 7.10. The Morgan fingerprint density at radius 1 is 1.16 bits per heavy atom. The Morgan fingerprint density at radius 2 is 1.97 bits per heavy atom. The Bertz CT molecular complexity index is 1180. The lowest BCUT2D eigenvalue weighted by molar-refractivity contribution is -0.118. The topological polar surface area (TPSA) is 123 Å². The molecule has 1 atom stereocenters. The lowest BCUT2D eigenvalue weighted by atomic mass is 9.99. The van der Waals surface area contributed by atoms with Gasteiger partial charge in [-0.15, -0.1) is 0 Å². The van der Waals surface area contributed by atoms with E-state index in [1.54, 1.807) is 18.2 Å². The number of amides is 2. The summed E-state index contributed by atoms with van der Waals surface area (Å²) in [4.78, 5) is 24.1. The standard InChI is InChI=1S/C23H23N5O2S/c1-13-10-21(31-28-13)27-19-12-16(8-9-18(19)22(24)29)26-20(23(25)30)11-15-7-6-14-4-2-3-5-17(14)15/h2-5,7-10,12,20,26-27H,6,11H2,1H3,(H2,24,29)(H2,25,30)/t20-/m1/s1. The van der Waals surface area contributed by atoms with E-state index in [0.717, 1.165) is 28.3 Å². The van der Waals surface area contributed by atoms with E-state index in [9.17, 15) is 9.59 Å². The highest BCUT2D eigenvalue weighted by Gasteiger charge is 2.22. The van der Waals surface area contributed by atoms with Crippen LogP contribution in [0.25, 0.3) is 5.57 Å². The van der Waals surface area contributed by atoms with Crippen molar-refractivity contribution in [2.45, 2.75) is 25.8 Å². The van der Waals surface area contributed by atoms with Crippen LogP contribution < -0.4 is 22.1 Å². The molecule has 3 aromatic rings. The summed E-state index contributed by atoms with van der Waals surface area (Å²) in [5.41, 5.74) is 17.2. The van der Waals surface area contributed by atoms with E-state index in [1.807, 2.05) is 25.1 Å². The molecule has 8 heteroatoms. The quantitative estimate of drug-likeness (QED) is 0.432. The molecular formula is C23H23N5O2S. The first-order chi connectivity index (χ1) is 14.9. The van der Waals surface area contributed by atoms with Gasteiger partial charge in [0, 0.05) is 12.1 Å². The van der Waals surface area contributed by atoms with E-state index < -0.39 is 17.9 Å². The molecule has 1 aliphatic carbocycles. The van der Waals surface area contributed by atoms with E-state index >= 15 is 0 Å². The summed E-state index contributed by atoms with van der Waals surface area (Å²) in [6.45, 7) is 1.89. The zero-order chi connectivity index (χ0) is 22.0. The van der Waals surface area contributed by atoms with Crippen molar-refractivity contribution in [2.75, 3.05) is 10.6 Å². The minimum Gasteiger partial charge on any atom is -0.373 e. The second kappa shape index (κ2) is 8.61. The monoisotopic (exact) mass is 433 g/mol. The lowest BCUT2D eigenvalue weighted by Crippen LogP contribution is -2.35. The van der Waals surface area contributed by atoms with Crippen molar-refractivity contribution in [2.24, 2.45) is 11.5 Å². The highest BCUT2D eigenvalue weighted by atomic mass is 32.1. The fourth-order valence-corrected chi connectivity index (χ4v) is 4.37. The number of carbonyl (C=O) groups excluding carboxylic acids is 2. The van der Waals surface area contributed by atoms with Gasteiger partial charge in [-0.25, -0.2) is 0 Å². The van der Waals surface area contributed by atoms with Gasteiger partial charge in [-0.1, -0.05) is 30.3 Å². The summed E-state index contributed by atoms with van der Waals surface area (Å²) in [7, 11) is 0. The van der Waals surface area contributed by atoms with Gasteiger partial charge >= 0.3 is 0 Å². The zero-order valence-corrected chi connectivity index (χ0v) is 17.8. The van der Waals surface area contributed by atoms with E-state index in [-0.39, 0.29) is 0 Å². The molecule has 0 fully saturated rings. The molecule has 158 valence electrons. The number of fused-ring (bicyclic) bond motifs is 1. The van der Waals surface area contributed by atoms with Crippen molar-refractivity contribution < 1.29 is 9.59 Å². The predicted octanol–water partition coefficient (Wildman–Crippen LogP) is 3.59. The van der Waals surface area contributed by atoms with Crippen LogP contribution in [0.15, 0.2) is 54.6 Å². The van der Waals surface area contributed by atoms with Crippen LogP contribution in [-0.4, -0.2) is 22.2 Å². The summed E-state index contributed by atoms with van der Waals surface area (Å²) in [5, 5.41) is 7.19. The predicted molar refractivity (Wildman–Crippen MR) is 124 cm³/mol. The minimum atomic E-state index is -0.602. The molecule has 1 aromatic heterocycles. The highest BCUT2D eigenvalue weighted by Crippen LogP contribution is 2.32. The zero-order valence-electron chi connectivity index (χ0n) is 17.0. The molecule has 0 saturated heterocycles. The molecule has 4 rings (SSSR count). The summed E-state index contributed by atoms with van der Waals surface area (Å²) >= 11 is 1.29. The third-order valence-electron chi connectivity index (χ3n) is 5.21. The first-order valence-corrected chi connectivity index (χ1v) is 10.7. The van der Waals surface area contributed by atoms with Gasteiger partial charge in [0.15, 0.2) is 0 Å². The van der Waals surface area contributed by atoms with E-state index in [4.69, 9.17) is 11.5 Å². The van der Waals surface area contributed by atoms with Crippen LogP contribution in [0.1, 0.15) is 33.6 Å². The number of carbonyl (C=O) groups is 2. The number of hydrogen-bond acceptors (Lipinski definition) is 6. The van der Waals surface area contributed by atoms with Crippen LogP contribution in [0.3, 0.4) is 0 Å². The van der Waals surface area contributed by atoms with Gasteiger partial charge < -0.3 is 22.1 Å². The van der Waals surface area contributed by atoms with E-state index in [1.165, 1.54) is 17.1 Å². The number of nitrogens with one attached hydrogen (secondary N) is 2. The SMILES string of the molecule is Cc1cc(Nc2cc(N[C@H](CC3=CCc4ccccc43)C(N)=O)ccc2C(N)=O)sn1. The van der Waals surface area contributed by atoms with Gasteiger partial charge in [-0.3, -0.25) is 9.59 Å². The summed E-state index contributed by atoms with van der Waals surface area (Å²) in [5.74, 6) is -0.994. The van der Waals surface area contributed by atoms with Gasteiger partial charge in [0.2, 0.25) is 5.91 Å². The van der Waals surface area contributed by atoms with Crippen LogP contribution in [0.2, 0.25) is 0 Å². The van der Waals surface area contributed by atoms with Crippen molar-refractivity contribution in [1.29, 1.82) is 0 Å². The molecule has 0 radical (unpaired) electrons. The van der Waals surface area contributed by atoms with Gasteiger partial charge in [-0.2, -0.15) is 4.37 Å². The van der Waals surface area contributed by atoms with Crippen LogP contribution in [0.5, 0.6) is 0 Å². The summed E-state index contributed by atoms with van der Waals surface area (Å²) < 4.78 is 4.24. The number of primary amides is 2. The fraction of sp³-hybridized carbons (Fsp3) is 0.174. The summed E-state index contributed by atoms with van der Waals surface area (Å²) in [6.07, 6.45) is 3.46. The van der Waals surface area contributed by atoms with Crippen LogP contribution in [-0.2, 0) is 11.2 Å². The maximum atomic E-state index is 12.2. The Balaban J connectivity index is 1.57. The summed E-state index contributed by atoms with van der Waals surface area (Å²) in [6, 6.07) is 14.5. The maximum Gasteiger partial charge on any atom is 0.250 e. The number of benzene rings is 2. The van der Waals surface area contributed by atoms with Crippen molar-refractivity contribution in [3.63, 3.8) is 0 Å². The number of anilines is 3. The smallest absolute Gasteiger partial charge is 0.250 e. The lowest BCUT2D eigenvalue weighted by Gasteiger charge is -2.19. The molecule has 0 bridgehead atoms. The Morgan fingerprint density at radius 3 is 2.68 bits per heavy atom. The number of allylic oxidation sites excluding steroid dienone is 1. The molecule has 0 aliphatic heterocycles. The van der Waals surface area contributed by atoms with Crippen molar-refractivity contribution in [1.82, 2.24) is 4.37 Å². The molecule has 0 unspecified atom stereocenters. The maximum absolute atomic E-state index is 12.2. The molecule has 6 N–H and O–H groups in total. The number of nitrogens with two attached hydrogens (primary N) is 2. The average molecular weight is 434 g/mol. The largest absolute Gasteiger partial charge is 0.373 e. The molecule has 2 amide bonds. The van der Waals surface area contributed by atoms with Crippen LogP contribution in [0, 0.1) is 6.92 Å². The number of aryl methyl sites for hydroxylation is 1. The Labute approximate surface area is 184 Å². The molecule has 2 aromatic carbocycles. The van der Waals surface area contributed by atoms with Gasteiger partial charge in [0.05, 0.1) is 16.9 Å². The Hall–Kier alpha value is -3.65. The fourth-order valence-electron chi connectivity index (χ4n) is 3.70. The van der Waals surface area contributed by atoms with Crippen molar-refractivity contribution in [3.8, 4) is 0 Å².